The van der Waals surface area contributed by atoms with Gasteiger partial charge in [0, 0.05) is 18.2 Å². The number of rotatable bonds is 0. The number of allylic oxidation sites excluding steroid dienone is 2. The largest absolute Gasteiger partial charge is 0.282 e. The minimum atomic E-state index is 0.436. The summed E-state index contributed by atoms with van der Waals surface area (Å²) in [6, 6.07) is 0.461. The third kappa shape index (κ3) is 1.40. The summed E-state index contributed by atoms with van der Waals surface area (Å²) >= 11 is 0. The second kappa shape index (κ2) is 3.01. The molecule has 0 aromatic carbocycles. The first-order chi connectivity index (χ1) is 5.47. The topological polar surface area (TPSA) is 24.4 Å². The number of hydrogen-bond acceptors (Lipinski definition) is 2. The van der Waals surface area contributed by atoms with Crippen LogP contribution in [-0.2, 0) is 0 Å². The van der Waals surface area contributed by atoms with Gasteiger partial charge in [-0.1, -0.05) is 24.3 Å². The number of hydrogen-bond donors (Lipinski definition) is 1. The average molecular weight is 146 g/mol. The summed E-state index contributed by atoms with van der Waals surface area (Å²) in [5.74, 6) is 0.436. The molecule has 0 saturated heterocycles. The fourth-order valence-electron chi connectivity index (χ4n) is 1.34. The zero-order valence-corrected chi connectivity index (χ0v) is 6.20. The molecule has 1 heterocycles. The predicted octanol–water partition coefficient (Wildman–Crippen LogP) is 1.16. The van der Waals surface area contributed by atoms with E-state index in [4.69, 9.17) is 0 Å². The second-order valence-corrected chi connectivity index (χ2v) is 2.77. The van der Waals surface area contributed by atoms with Gasteiger partial charge in [-0.15, -0.1) is 0 Å². The normalized spacial score (nSPS) is 34.9. The molecule has 0 saturated carbocycles. The first kappa shape index (κ1) is 6.80. The maximum absolute atomic E-state index is 3.94. The molecule has 2 unspecified atom stereocenters. The molecule has 2 nitrogen and oxygen atoms in total. The van der Waals surface area contributed by atoms with Crippen LogP contribution in [0.5, 0.6) is 0 Å². The molecular formula is C9H10N2. The molecule has 0 spiro atoms. The Labute approximate surface area is 66.7 Å². The van der Waals surface area contributed by atoms with Crippen LogP contribution in [0.4, 0.5) is 0 Å². The lowest BCUT2D eigenvalue weighted by Crippen LogP contribution is -2.36. The van der Waals surface area contributed by atoms with E-state index >= 15 is 0 Å². The van der Waals surface area contributed by atoms with Crippen LogP contribution in [0, 0.1) is 12.6 Å². The van der Waals surface area contributed by atoms with Gasteiger partial charge in [0.2, 0.25) is 0 Å². The smallest absolute Gasteiger partial charge is 0.195 e. The standard InChI is InChI=1S/C9H10N2/c1-2-4-8-6-10-7-11-9(8)5-3-1/h1-4,6,8-9,11H,5H2. The molecule has 1 N–H and O–H groups in total. The van der Waals surface area contributed by atoms with Crippen molar-refractivity contribution < 1.29 is 0 Å². The van der Waals surface area contributed by atoms with Gasteiger partial charge in [0.15, 0.2) is 6.67 Å². The molecule has 0 amide bonds. The summed E-state index contributed by atoms with van der Waals surface area (Å²) in [6.45, 7) is 2.76. The Morgan fingerprint density at radius 1 is 1.45 bits per heavy atom. The maximum atomic E-state index is 3.94. The fraction of sp³-hybridized carbons (Fsp3) is 0.333. The molecule has 2 radical (unpaired) electrons. The van der Waals surface area contributed by atoms with Crippen molar-refractivity contribution in [1.82, 2.24) is 5.32 Å². The molecule has 56 valence electrons. The lowest BCUT2D eigenvalue weighted by molar-refractivity contribution is 0.506. The SMILES string of the molecule is [C]1N=CC2C=CC=CCC2N1. The van der Waals surface area contributed by atoms with Gasteiger partial charge in [0.25, 0.3) is 0 Å². The van der Waals surface area contributed by atoms with Crippen molar-refractivity contribution in [3.05, 3.63) is 31.0 Å². The van der Waals surface area contributed by atoms with Crippen LogP contribution in [0.15, 0.2) is 29.3 Å². The summed E-state index contributed by atoms with van der Waals surface area (Å²) in [7, 11) is 0. The quantitative estimate of drug-likeness (QED) is 0.545. The van der Waals surface area contributed by atoms with E-state index in [0.717, 1.165) is 6.42 Å². The Hall–Kier alpha value is -0.890. The summed E-state index contributed by atoms with van der Waals surface area (Å²) in [5.41, 5.74) is 0. The molecule has 1 aliphatic heterocycles. The minimum absolute atomic E-state index is 0.436. The van der Waals surface area contributed by atoms with Crippen molar-refractivity contribution in [2.45, 2.75) is 12.5 Å². The zero-order valence-electron chi connectivity index (χ0n) is 6.20. The highest BCUT2D eigenvalue weighted by molar-refractivity contribution is 5.66. The fourth-order valence-corrected chi connectivity index (χ4v) is 1.34. The van der Waals surface area contributed by atoms with Crippen molar-refractivity contribution in [3.8, 4) is 0 Å². The van der Waals surface area contributed by atoms with Crippen molar-refractivity contribution in [2.24, 2.45) is 10.9 Å². The molecule has 1 aliphatic carbocycles. The van der Waals surface area contributed by atoms with Gasteiger partial charge >= 0.3 is 0 Å². The molecule has 11 heavy (non-hydrogen) atoms. The van der Waals surface area contributed by atoms with Crippen molar-refractivity contribution in [3.63, 3.8) is 0 Å². The minimum Gasteiger partial charge on any atom is -0.282 e. The van der Waals surface area contributed by atoms with Crippen molar-refractivity contribution in [1.29, 1.82) is 0 Å². The van der Waals surface area contributed by atoms with E-state index in [1.165, 1.54) is 0 Å². The Bertz CT molecular complexity index is 216. The average Bonchev–Trinajstić information content (AvgIpc) is 2.28. The van der Waals surface area contributed by atoms with Gasteiger partial charge in [0.1, 0.15) is 0 Å². The van der Waals surface area contributed by atoms with Crippen LogP contribution in [0.3, 0.4) is 0 Å². The van der Waals surface area contributed by atoms with Crippen LogP contribution >= 0.6 is 0 Å². The van der Waals surface area contributed by atoms with E-state index in [2.05, 4.69) is 41.3 Å². The van der Waals surface area contributed by atoms with Gasteiger partial charge in [0.05, 0.1) is 0 Å². The van der Waals surface area contributed by atoms with E-state index in [1.54, 1.807) is 0 Å². The number of aliphatic imine (C=N–C) groups is 1. The van der Waals surface area contributed by atoms with Crippen LogP contribution in [-0.4, -0.2) is 12.3 Å². The highest BCUT2D eigenvalue weighted by Gasteiger charge is 2.19. The second-order valence-electron chi connectivity index (χ2n) is 2.77. The van der Waals surface area contributed by atoms with Gasteiger partial charge < -0.3 is 0 Å². The molecule has 2 rings (SSSR count). The molecule has 0 aromatic rings. The number of nitrogens with one attached hydrogen (secondary N) is 1. The van der Waals surface area contributed by atoms with E-state index in [-0.39, 0.29) is 0 Å². The zero-order chi connectivity index (χ0) is 7.52. The summed E-state index contributed by atoms with van der Waals surface area (Å²) < 4.78 is 0. The Morgan fingerprint density at radius 3 is 3.45 bits per heavy atom. The first-order valence-corrected chi connectivity index (χ1v) is 3.84. The van der Waals surface area contributed by atoms with Gasteiger partial charge in [-0.3, -0.25) is 10.3 Å². The Kier molecular flexibility index (Phi) is 1.86. The molecular weight excluding hydrogens is 136 g/mol. The monoisotopic (exact) mass is 146 g/mol. The van der Waals surface area contributed by atoms with Crippen molar-refractivity contribution in [2.75, 3.05) is 0 Å². The number of nitrogens with zero attached hydrogens (tertiary/aromatic N) is 1. The summed E-state index contributed by atoms with van der Waals surface area (Å²) in [6.07, 6.45) is 11.5. The van der Waals surface area contributed by atoms with Crippen LogP contribution < -0.4 is 5.32 Å². The maximum Gasteiger partial charge on any atom is 0.195 e. The lowest BCUT2D eigenvalue weighted by atomic mass is 9.98. The third-order valence-corrected chi connectivity index (χ3v) is 2.00. The summed E-state index contributed by atoms with van der Waals surface area (Å²) in [4.78, 5) is 3.94. The van der Waals surface area contributed by atoms with Gasteiger partial charge in [-0.25, -0.2) is 0 Å². The van der Waals surface area contributed by atoms with Crippen LogP contribution in [0.2, 0.25) is 0 Å². The molecule has 0 bridgehead atoms. The highest BCUT2D eigenvalue weighted by atomic mass is 15.1. The highest BCUT2D eigenvalue weighted by Crippen LogP contribution is 2.15. The third-order valence-electron chi connectivity index (χ3n) is 2.00. The predicted molar refractivity (Wildman–Crippen MR) is 45.0 cm³/mol. The van der Waals surface area contributed by atoms with E-state index in [0.29, 0.717) is 12.0 Å². The van der Waals surface area contributed by atoms with Crippen molar-refractivity contribution >= 4 is 6.21 Å². The van der Waals surface area contributed by atoms with Gasteiger partial charge in [-0.2, -0.15) is 0 Å². The van der Waals surface area contributed by atoms with Crippen LogP contribution in [0.25, 0.3) is 0 Å². The first-order valence-electron chi connectivity index (χ1n) is 3.84. The van der Waals surface area contributed by atoms with Crippen LogP contribution in [0.1, 0.15) is 6.42 Å². The lowest BCUT2D eigenvalue weighted by Gasteiger charge is -2.22. The molecule has 2 atom stereocenters. The Balaban J connectivity index is 2.17. The number of fused-ring (bicyclic) bond motifs is 1. The Morgan fingerprint density at radius 2 is 2.45 bits per heavy atom. The molecule has 0 aromatic heterocycles. The van der Waals surface area contributed by atoms with Gasteiger partial charge in [-0.05, 0) is 6.42 Å². The molecule has 0 fully saturated rings. The molecule has 2 heteroatoms. The molecule has 2 aliphatic rings. The van der Waals surface area contributed by atoms with E-state index in [9.17, 15) is 0 Å². The summed E-state index contributed by atoms with van der Waals surface area (Å²) in [5, 5.41) is 3.11. The van der Waals surface area contributed by atoms with E-state index in [1.807, 2.05) is 6.21 Å². The van der Waals surface area contributed by atoms with E-state index < -0.39 is 0 Å².